The molecular formula is C21H16ClNO3. The van der Waals surface area contributed by atoms with Crippen LogP contribution in [0.2, 0.25) is 5.02 Å². The quantitative estimate of drug-likeness (QED) is 0.349. The molecule has 0 bridgehead atoms. The zero-order valence-corrected chi connectivity index (χ0v) is 14.8. The van der Waals surface area contributed by atoms with Crippen LogP contribution in [0, 0.1) is 0 Å². The predicted molar refractivity (Wildman–Crippen MR) is 103 cm³/mol. The van der Waals surface area contributed by atoms with Gasteiger partial charge in [-0.1, -0.05) is 23.7 Å². The van der Waals surface area contributed by atoms with E-state index >= 15 is 0 Å². The van der Waals surface area contributed by atoms with Gasteiger partial charge in [-0.25, -0.2) is 4.79 Å². The Balaban J connectivity index is 1.64. The Bertz CT molecular complexity index is 901. The summed E-state index contributed by atoms with van der Waals surface area (Å²) in [6.45, 7) is 0. The van der Waals surface area contributed by atoms with Crippen molar-refractivity contribution in [2.45, 2.75) is 0 Å². The average molecular weight is 366 g/mol. The largest absolute Gasteiger partial charge is 0.497 e. The van der Waals surface area contributed by atoms with Crippen LogP contribution in [0.4, 0.5) is 5.69 Å². The molecule has 0 heterocycles. The number of hydrogen-bond donors (Lipinski definition) is 0. The minimum atomic E-state index is -0.420. The Hall–Kier alpha value is -3.11. The van der Waals surface area contributed by atoms with Gasteiger partial charge in [-0.3, -0.25) is 4.99 Å². The van der Waals surface area contributed by atoms with Gasteiger partial charge in [0.15, 0.2) is 0 Å². The van der Waals surface area contributed by atoms with Crippen LogP contribution in [-0.4, -0.2) is 19.3 Å². The molecular weight excluding hydrogens is 350 g/mol. The third kappa shape index (κ3) is 4.71. The van der Waals surface area contributed by atoms with E-state index in [-0.39, 0.29) is 0 Å². The van der Waals surface area contributed by atoms with Gasteiger partial charge in [-0.15, -0.1) is 0 Å². The van der Waals surface area contributed by atoms with Crippen molar-refractivity contribution in [1.29, 1.82) is 0 Å². The van der Waals surface area contributed by atoms with Gasteiger partial charge >= 0.3 is 5.97 Å². The van der Waals surface area contributed by atoms with Gasteiger partial charge in [0.2, 0.25) is 0 Å². The van der Waals surface area contributed by atoms with E-state index in [9.17, 15) is 4.79 Å². The summed E-state index contributed by atoms with van der Waals surface area (Å²) in [4.78, 5) is 16.6. The molecule has 5 heteroatoms. The predicted octanol–water partition coefficient (Wildman–Crippen LogP) is 5.32. The Kier molecular flexibility index (Phi) is 5.66. The molecule has 26 heavy (non-hydrogen) atoms. The third-order valence-electron chi connectivity index (χ3n) is 3.61. The van der Waals surface area contributed by atoms with Crippen LogP contribution in [-0.2, 0) is 0 Å². The van der Waals surface area contributed by atoms with E-state index in [1.807, 2.05) is 24.3 Å². The minimum absolute atomic E-state index is 0.420. The first-order valence-corrected chi connectivity index (χ1v) is 8.28. The Morgan fingerprint density at radius 3 is 2.12 bits per heavy atom. The third-order valence-corrected chi connectivity index (χ3v) is 3.86. The maximum atomic E-state index is 12.2. The molecule has 0 N–H and O–H groups in total. The van der Waals surface area contributed by atoms with E-state index in [0.29, 0.717) is 22.1 Å². The molecule has 0 spiro atoms. The fraction of sp³-hybridized carbons (Fsp3) is 0.0476. The number of carbonyl (C=O) groups excluding carboxylic acids is 1. The summed E-state index contributed by atoms with van der Waals surface area (Å²) in [7, 11) is 1.58. The monoisotopic (exact) mass is 365 g/mol. The lowest BCUT2D eigenvalue weighted by molar-refractivity contribution is 0.0734. The number of carbonyl (C=O) groups is 1. The SMILES string of the molecule is COc1ccc(OC(=O)c2ccc(C=Nc3ccc(Cl)cc3)cc2)cc1. The first-order valence-electron chi connectivity index (χ1n) is 7.90. The van der Waals surface area contributed by atoms with Crippen LogP contribution in [0.3, 0.4) is 0 Å². The molecule has 0 atom stereocenters. The number of rotatable bonds is 5. The first-order chi connectivity index (χ1) is 12.6. The first kappa shape index (κ1) is 17.7. The van der Waals surface area contributed by atoms with Crippen LogP contribution in [0.15, 0.2) is 77.8 Å². The molecule has 0 saturated heterocycles. The van der Waals surface area contributed by atoms with Crippen molar-refractivity contribution in [3.8, 4) is 11.5 Å². The van der Waals surface area contributed by atoms with Crippen LogP contribution < -0.4 is 9.47 Å². The second-order valence-corrected chi connectivity index (χ2v) is 5.86. The maximum Gasteiger partial charge on any atom is 0.343 e. The normalized spacial score (nSPS) is 10.7. The molecule has 3 aromatic carbocycles. The number of ether oxygens (including phenoxy) is 2. The summed E-state index contributed by atoms with van der Waals surface area (Å²) < 4.78 is 10.4. The number of benzene rings is 3. The summed E-state index contributed by atoms with van der Waals surface area (Å²) in [5.74, 6) is 0.745. The van der Waals surface area contributed by atoms with Gasteiger partial charge < -0.3 is 9.47 Å². The van der Waals surface area contributed by atoms with Crippen molar-refractivity contribution in [2.24, 2.45) is 4.99 Å². The number of nitrogens with zero attached hydrogens (tertiary/aromatic N) is 1. The second kappa shape index (κ2) is 8.32. The average Bonchev–Trinajstić information content (AvgIpc) is 2.68. The molecule has 4 nitrogen and oxygen atoms in total. The zero-order chi connectivity index (χ0) is 18.4. The molecule has 130 valence electrons. The van der Waals surface area contributed by atoms with Gasteiger partial charge in [-0.05, 0) is 66.2 Å². The topological polar surface area (TPSA) is 47.9 Å². The van der Waals surface area contributed by atoms with E-state index in [1.54, 1.807) is 61.9 Å². The van der Waals surface area contributed by atoms with Gasteiger partial charge in [0.25, 0.3) is 0 Å². The van der Waals surface area contributed by atoms with E-state index < -0.39 is 5.97 Å². The number of esters is 1. The van der Waals surface area contributed by atoms with Crippen LogP contribution in [0.5, 0.6) is 11.5 Å². The van der Waals surface area contributed by atoms with Crippen LogP contribution >= 0.6 is 11.6 Å². The fourth-order valence-electron chi connectivity index (χ4n) is 2.19. The van der Waals surface area contributed by atoms with Crippen molar-refractivity contribution in [2.75, 3.05) is 7.11 Å². The summed E-state index contributed by atoms with van der Waals surface area (Å²) >= 11 is 5.85. The highest BCUT2D eigenvalue weighted by Crippen LogP contribution is 2.19. The smallest absolute Gasteiger partial charge is 0.343 e. The lowest BCUT2D eigenvalue weighted by Crippen LogP contribution is -2.08. The van der Waals surface area contributed by atoms with Gasteiger partial charge in [0, 0.05) is 11.2 Å². The number of halogens is 1. The molecule has 0 fully saturated rings. The highest BCUT2D eigenvalue weighted by molar-refractivity contribution is 6.30. The van der Waals surface area contributed by atoms with Crippen molar-refractivity contribution < 1.29 is 14.3 Å². The lowest BCUT2D eigenvalue weighted by Gasteiger charge is -2.05. The minimum Gasteiger partial charge on any atom is -0.497 e. The van der Waals surface area contributed by atoms with Crippen molar-refractivity contribution >= 4 is 29.5 Å². The van der Waals surface area contributed by atoms with E-state index in [4.69, 9.17) is 21.1 Å². The highest BCUT2D eigenvalue weighted by atomic mass is 35.5. The summed E-state index contributed by atoms with van der Waals surface area (Å²) in [5.41, 5.74) is 2.14. The Morgan fingerprint density at radius 1 is 0.885 bits per heavy atom. The molecule has 0 aliphatic heterocycles. The fourth-order valence-corrected chi connectivity index (χ4v) is 2.32. The molecule has 0 radical (unpaired) electrons. The zero-order valence-electron chi connectivity index (χ0n) is 14.1. The lowest BCUT2D eigenvalue weighted by atomic mass is 10.1. The summed E-state index contributed by atoms with van der Waals surface area (Å²) in [5, 5.41) is 0.670. The number of methoxy groups -OCH3 is 1. The van der Waals surface area contributed by atoms with E-state index in [2.05, 4.69) is 4.99 Å². The molecule has 0 unspecified atom stereocenters. The van der Waals surface area contributed by atoms with Crippen molar-refractivity contribution in [1.82, 2.24) is 0 Å². The molecule has 3 rings (SSSR count). The Labute approximate surface area is 156 Å². The number of hydrogen-bond acceptors (Lipinski definition) is 4. The summed E-state index contributed by atoms with van der Waals surface area (Å²) in [6.07, 6.45) is 1.72. The maximum absolute atomic E-state index is 12.2. The molecule has 0 aromatic heterocycles. The molecule has 0 aliphatic rings. The van der Waals surface area contributed by atoms with Crippen molar-refractivity contribution in [3.63, 3.8) is 0 Å². The molecule has 0 aliphatic carbocycles. The van der Waals surface area contributed by atoms with Crippen molar-refractivity contribution in [3.05, 3.63) is 88.9 Å². The second-order valence-electron chi connectivity index (χ2n) is 5.42. The summed E-state index contributed by atoms with van der Waals surface area (Å²) in [6, 6.07) is 21.1. The highest BCUT2D eigenvalue weighted by Gasteiger charge is 2.08. The van der Waals surface area contributed by atoms with Crippen LogP contribution in [0.1, 0.15) is 15.9 Å². The molecule has 0 saturated carbocycles. The van der Waals surface area contributed by atoms with Gasteiger partial charge in [0.1, 0.15) is 11.5 Å². The van der Waals surface area contributed by atoms with Gasteiger partial charge in [0.05, 0.1) is 18.4 Å². The molecule has 0 amide bonds. The number of aliphatic imine (C=N–C) groups is 1. The standard InChI is InChI=1S/C21H16ClNO3/c1-25-19-10-12-20(13-11-19)26-21(24)16-4-2-15(3-5-16)14-23-18-8-6-17(22)7-9-18/h2-14H,1H3. The molecule has 3 aromatic rings. The van der Waals surface area contributed by atoms with E-state index in [0.717, 1.165) is 11.3 Å². The van der Waals surface area contributed by atoms with Crippen LogP contribution in [0.25, 0.3) is 0 Å². The Morgan fingerprint density at radius 2 is 1.50 bits per heavy atom. The van der Waals surface area contributed by atoms with Gasteiger partial charge in [-0.2, -0.15) is 0 Å². The van der Waals surface area contributed by atoms with E-state index in [1.165, 1.54) is 0 Å².